The first kappa shape index (κ1) is 15.3. The van der Waals surface area contributed by atoms with Gasteiger partial charge in [0.05, 0.1) is 0 Å². The number of hydrogen-bond acceptors (Lipinski definition) is 7. The molecule has 0 aliphatic carbocycles. The number of carbonyl (C=O) groups excluding carboxylic acids is 3. The Morgan fingerprint density at radius 3 is 1.53 bits per heavy atom. The van der Waals surface area contributed by atoms with Crippen molar-refractivity contribution in [2.24, 2.45) is 5.73 Å². The van der Waals surface area contributed by atoms with Gasteiger partial charge in [-0.25, -0.2) is 10.2 Å². The molecule has 10 nitrogen and oxygen atoms in total. The summed E-state index contributed by atoms with van der Waals surface area (Å²) in [6.45, 7) is 0. The van der Waals surface area contributed by atoms with Crippen molar-refractivity contribution in [3.8, 4) is 0 Å². The van der Waals surface area contributed by atoms with Crippen LogP contribution in [0, 0.1) is 0 Å². The van der Waals surface area contributed by atoms with Crippen LogP contribution < -0.4 is 11.2 Å². The van der Waals surface area contributed by atoms with E-state index in [4.69, 9.17) is 24.7 Å². The third-order valence-electron chi connectivity index (χ3n) is 2.77. The first-order valence-corrected chi connectivity index (χ1v) is 5.02. The van der Waals surface area contributed by atoms with E-state index in [1.165, 1.54) is 0 Å². The molecule has 0 aromatic heterocycles. The van der Waals surface area contributed by atoms with Gasteiger partial charge in [-0.3, -0.25) is 9.59 Å². The summed E-state index contributed by atoms with van der Waals surface area (Å²) in [5.74, 6) is -6.47. The number of nitrogens with one attached hydrogen (secondary N) is 1. The Morgan fingerprint density at radius 1 is 1.00 bits per heavy atom. The van der Waals surface area contributed by atoms with E-state index in [0.29, 0.717) is 5.01 Å². The molecular weight excluding hydrogens is 262 g/mol. The molecule has 10 heteroatoms. The van der Waals surface area contributed by atoms with Crippen LogP contribution in [0.15, 0.2) is 0 Å². The first-order valence-electron chi connectivity index (χ1n) is 5.02. The molecule has 3 N–H and O–H groups in total. The number of hydrazine groups is 1. The molecule has 0 radical (unpaired) electrons. The highest BCUT2D eigenvalue weighted by atomic mass is 16.8. The molecule has 1 aliphatic rings. The molecule has 19 heavy (non-hydrogen) atoms. The molecule has 0 spiro atoms. The minimum absolute atomic E-state index is 0.322. The largest absolute Gasteiger partial charge is 0.350 e. The normalized spacial score (nSPS) is 20.7. The van der Waals surface area contributed by atoms with Gasteiger partial charge in [0.25, 0.3) is 0 Å². The fraction of sp³-hybridized carbons (Fsp3) is 0.667. The number of nitrogens with two attached hydrogens (primary N) is 1. The van der Waals surface area contributed by atoms with E-state index in [1.54, 1.807) is 0 Å². The van der Waals surface area contributed by atoms with Crippen LogP contribution in [0.4, 0.5) is 4.79 Å². The van der Waals surface area contributed by atoms with Crippen LogP contribution in [-0.4, -0.2) is 62.9 Å². The molecule has 0 atom stereocenters. The minimum atomic E-state index is -2.20. The Kier molecular flexibility index (Phi) is 4.10. The Hall–Kier alpha value is -1.75. The van der Waals surface area contributed by atoms with Gasteiger partial charge in [-0.05, 0) is 0 Å². The van der Waals surface area contributed by atoms with Gasteiger partial charge in [0, 0.05) is 28.4 Å². The quantitative estimate of drug-likeness (QED) is 0.435. The Morgan fingerprint density at radius 2 is 1.32 bits per heavy atom. The van der Waals surface area contributed by atoms with Crippen molar-refractivity contribution in [2.45, 2.75) is 11.6 Å². The van der Waals surface area contributed by atoms with Gasteiger partial charge < -0.3 is 24.7 Å². The van der Waals surface area contributed by atoms with Gasteiger partial charge >= 0.3 is 29.4 Å². The second kappa shape index (κ2) is 5.09. The number of imide groups is 1. The summed E-state index contributed by atoms with van der Waals surface area (Å²) in [5, 5.41) is 0.322. The van der Waals surface area contributed by atoms with Crippen molar-refractivity contribution >= 4 is 17.8 Å². The highest BCUT2D eigenvalue weighted by Crippen LogP contribution is 2.39. The molecule has 0 bridgehead atoms. The predicted octanol–water partition coefficient (Wildman–Crippen LogP) is -2.08. The summed E-state index contributed by atoms with van der Waals surface area (Å²) in [6.07, 6.45) is 0. The van der Waals surface area contributed by atoms with Crippen molar-refractivity contribution in [3.63, 3.8) is 0 Å². The molecule has 1 fully saturated rings. The number of carbonyl (C=O) groups is 3. The van der Waals surface area contributed by atoms with Gasteiger partial charge in [0.1, 0.15) is 0 Å². The average Bonchev–Trinajstić information content (AvgIpc) is 2.57. The zero-order chi connectivity index (χ0) is 14.8. The molecule has 108 valence electrons. The van der Waals surface area contributed by atoms with Crippen molar-refractivity contribution < 1.29 is 33.3 Å². The van der Waals surface area contributed by atoms with Gasteiger partial charge in [-0.2, -0.15) is 5.01 Å². The lowest BCUT2D eigenvalue weighted by atomic mass is 10.1. The topological polar surface area (TPSA) is 129 Å². The maximum absolute atomic E-state index is 12.2. The highest BCUT2D eigenvalue weighted by molar-refractivity contribution is 6.12. The van der Waals surface area contributed by atoms with Crippen LogP contribution in [0.3, 0.4) is 0 Å². The molecule has 1 heterocycles. The number of urea groups is 1. The lowest BCUT2D eigenvalue weighted by molar-refractivity contribution is -0.340. The van der Waals surface area contributed by atoms with E-state index in [2.05, 4.69) is 0 Å². The van der Waals surface area contributed by atoms with E-state index < -0.39 is 29.4 Å². The number of ether oxygens (including phenoxy) is 4. The third-order valence-corrected chi connectivity index (χ3v) is 2.77. The van der Waals surface area contributed by atoms with Crippen LogP contribution in [0.2, 0.25) is 0 Å². The minimum Gasteiger partial charge on any atom is -0.350 e. The van der Waals surface area contributed by atoms with Crippen LogP contribution in [0.25, 0.3) is 0 Å². The maximum Gasteiger partial charge on any atom is 0.331 e. The fourth-order valence-electron chi connectivity index (χ4n) is 1.93. The van der Waals surface area contributed by atoms with Crippen molar-refractivity contribution in [1.82, 2.24) is 10.4 Å². The van der Waals surface area contributed by atoms with E-state index in [0.717, 1.165) is 28.4 Å². The zero-order valence-corrected chi connectivity index (χ0v) is 10.9. The number of rotatable bonds is 5. The lowest BCUT2D eigenvalue weighted by Gasteiger charge is -2.35. The van der Waals surface area contributed by atoms with Crippen LogP contribution >= 0.6 is 0 Å². The third kappa shape index (κ3) is 1.76. The number of hydrogen-bond donors (Lipinski definition) is 2. The van der Waals surface area contributed by atoms with Gasteiger partial charge in [-0.15, -0.1) is 0 Å². The molecule has 0 aromatic rings. The maximum atomic E-state index is 12.2. The van der Waals surface area contributed by atoms with Crippen molar-refractivity contribution in [1.29, 1.82) is 0 Å². The number of methoxy groups -OCH3 is 4. The highest BCUT2D eigenvalue weighted by Gasteiger charge is 2.75. The molecule has 0 saturated carbocycles. The molecular formula is C9H15N3O7. The van der Waals surface area contributed by atoms with Gasteiger partial charge in [-0.1, -0.05) is 0 Å². The van der Waals surface area contributed by atoms with E-state index >= 15 is 0 Å². The lowest BCUT2D eigenvalue weighted by Crippen LogP contribution is -2.61. The molecule has 1 rings (SSSR count). The summed E-state index contributed by atoms with van der Waals surface area (Å²) >= 11 is 0. The number of primary amides is 1. The second-order valence-electron chi connectivity index (χ2n) is 3.47. The van der Waals surface area contributed by atoms with E-state index in [-0.39, 0.29) is 0 Å². The van der Waals surface area contributed by atoms with Crippen LogP contribution in [0.1, 0.15) is 0 Å². The standard InChI is InChI=1S/C9H15N3O7/c1-16-8(17-2)5(13)12(11-7(10)15)6(14)9(8,18-3)19-4/h1-4H3,(H3,10,11,15). The summed E-state index contributed by atoms with van der Waals surface area (Å²) in [5.41, 5.74) is 6.72. The van der Waals surface area contributed by atoms with Crippen molar-refractivity contribution in [3.05, 3.63) is 0 Å². The molecule has 0 unspecified atom stereocenters. The van der Waals surface area contributed by atoms with Gasteiger partial charge in [0.15, 0.2) is 0 Å². The summed E-state index contributed by atoms with van der Waals surface area (Å²) in [6, 6.07) is -1.12. The molecule has 1 saturated heterocycles. The van der Waals surface area contributed by atoms with Gasteiger partial charge in [0.2, 0.25) is 0 Å². The van der Waals surface area contributed by atoms with Crippen molar-refractivity contribution in [2.75, 3.05) is 28.4 Å². The zero-order valence-electron chi connectivity index (χ0n) is 10.9. The number of amides is 4. The van der Waals surface area contributed by atoms with E-state index in [9.17, 15) is 14.4 Å². The summed E-state index contributed by atoms with van der Waals surface area (Å²) < 4.78 is 19.9. The molecule has 0 aromatic carbocycles. The predicted molar refractivity (Wildman–Crippen MR) is 58.1 cm³/mol. The summed E-state index contributed by atoms with van der Waals surface area (Å²) in [7, 11) is 4.48. The van der Waals surface area contributed by atoms with Crippen LogP contribution in [0.5, 0.6) is 0 Å². The molecule has 1 aliphatic heterocycles. The first-order chi connectivity index (χ1) is 8.86. The van der Waals surface area contributed by atoms with Crippen LogP contribution in [-0.2, 0) is 28.5 Å². The monoisotopic (exact) mass is 277 g/mol. The summed E-state index contributed by atoms with van der Waals surface area (Å²) in [4.78, 5) is 35.2. The Labute approximate surface area is 108 Å². The number of nitrogens with zero attached hydrogens (tertiary/aromatic N) is 1. The Bertz CT molecular complexity index is 373. The smallest absolute Gasteiger partial charge is 0.331 e. The Balaban J connectivity index is 3.40. The average molecular weight is 277 g/mol. The molecule has 4 amide bonds. The fourth-order valence-corrected chi connectivity index (χ4v) is 1.93. The van der Waals surface area contributed by atoms with E-state index in [1.807, 2.05) is 5.43 Å². The SMILES string of the molecule is COC1(OC)C(=O)N(NC(N)=O)C(=O)C1(OC)OC. The second-order valence-corrected chi connectivity index (χ2v) is 3.47.